The van der Waals surface area contributed by atoms with Gasteiger partial charge in [-0.05, 0) is 47.9 Å². The van der Waals surface area contributed by atoms with Gasteiger partial charge in [-0.2, -0.15) is 5.10 Å². The first kappa shape index (κ1) is 28.5. The fraction of sp³-hybridized carbons (Fsp3) is 0.429. The standard InChI is InChI=1S/C28H34N8O4S2/c1-16(2)19-7-8-22(36-14-17(27(36)29)15-41(4,37)38)21-13-31-25(11-20(19)21)32-24-9-10-30-28(33-24)23-12-26(34-35(23)3)42(39,40)18-5-6-18/h7-13,16-18,27H,5-6,14-15,29H2,1-4H3,(H,30,31,32,33)/t17-,27+/m1/s1. The van der Waals surface area contributed by atoms with Gasteiger partial charge in [0, 0.05) is 55.3 Å². The van der Waals surface area contributed by atoms with Gasteiger partial charge in [0.05, 0.1) is 17.2 Å². The van der Waals surface area contributed by atoms with E-state index in [1.807, 2.05) is 17.0 Å². The van der Waals surface area contributed by atoms with E-state index in [2.05, 4.69) is 45.3 Å². The molecule has 0 unspecified atom stereocenters. The van der Waals surface area contributed by atoms with Crippen LogP contribution in [0.5, 0.6) is 0 Å². The van der Waals surface area contributed by atoms with Gasteiger partial charge in [-0.3, -0.25) is 4.68 Å². The molecule has 0 bridgehead atoms. The molecule has 6 rings (SSSR count). The molecule has 0 spiro atoms. The molecule has 1 saturated carbocycles. The average molecular weight is 611 g/mol. The van der Waals surface area contributed by atoms with Crippen LogP contribution in [-0.2, 0) is 26.7 Å². The highest BCUT2D eigenvalue weighted by Gasteiger charge is 2.40. The van der Waals surface area contributed by atoms with Crippen LogP contribution in [0.4, 0.5) is 17.3 Å². The molecule has 1 aliphatic heterocycles. The first-order valence-electron chi connectivity index (χ1n) is 13.8. The second-order valence-corrected chi connectivity index (χ2v) is 15.9. The van der Waals surface area contributed by atoms with Gasteiger partial charge in [-0.15, -0.1) is 0 Å². The zero-order valence-electron chi connectivity index (χ0n) is 23.9. The number of rotatable bonds is 9. The van der Waals surface area contributed by atoms with E-state index in [0.29, 0.717) is 42.5 Å². The minimum Gasteiger partial charge on any atom is -0.355 e. The number of nitrogens with one attached hydrogen (secondary N) is 1. The molecule has 0 radical (unpaired) electrons. The summed E-state index contributed by atoms with van der Waals surface area (Å²) in [5, 5.41) is 9.12. The number of hydrogen-bond acceptors (Lipinski definition) is 11. The molecule has 3 aromatic heterocycles. The maximum absolute atomic E-state index is 12.7. The molecule has 12 nitrogen and oxygen atoms in total. The fourth-order valence-corrected chi connectivity index (χ4v) is 8.18. The summed E-state index contributed by atoms with van der Waals surface area (Å²) in [7, 11) is -4.88. The van der Waals surface area contributed by atoms with Crippen LogP contribution in [0.15, 0.2) is 47.8 Å². The first-order valence-corrected chi connectivity index (χ1v) is 17.4. The number of nitrogens with zero attached hydrogens (tertiary/aromatic N) is 6. The lowest BCUT2D eigenvalue weighted by atomic mass is 9.92. The molecule has 4 heterocycles. The van der Waals surface area contributed by atoms with Crippen LogP contribution in [0, 0.1) is 5.92 Å². The lowest BCUT2D eigenvalue weighted by molar-refractivity contribution is 0.328. The summed E-state index contributed by atoms with van der Waals surface area (Å²) in [6.07, 6.45) is 5.57. The Morgan fingerprint density at radius 2 is 1.81 bits per heavy atom. The van der Waals surface area contributed by atoms with Crippen LogP contribution in [0.2, 0.25) is 0 Å². The summed E-state index contributed by atoms with van der Waals surface area (Å²) in [4.78, 5) is 15.7. The Morgan fingerprint density at radius 1 is 1.05 bits per heavy atom. The third-order valence-electron chi connectivity index (χ3n) is 7.89. The van der Waals surface area contributed by atoms with Gasteiger partial charge < -0.3 is 16.0 Å². The van der Waals surface area contributed by atoms with Crippen LogP contribution in [0.1, 0.15) is 38.2 Å². The van der Waals surface area contributed by atoms with Crippen molar-refractivity contribution in [2.45, 2.75) is 49.0 Å². The number of fused-ring (bicyclic) bond motifs is 1. The topological polar surface area (TPSA) is 166 Å². The van der Waals surface area contributed by atoms with E-state index < -0.39 is 25.8 Å². The molecular weight excluding hydrogens is 576 g/mol. The van der Waals surface area contributed by atoms with E-state index in [1.54, 1.807) is 25.5 Å². The van der Waals surface area contributed by atoms with E-state index in [9.17, 15) is 16.8 Å². The number of sulfone groups is 2. The van der Waals surface area contributed by atoms with Gasteiger partial charge in [0.15, 0.2) is 20.7 Å². The SMILES string of the molecule is CC(C)c1ccc(N2C[C@H](CS(C)(=O)=O)[C@H]2N)c2cnc(Nc3ccnc(-c4cc(S(=O)(=O)C5CC5)nn4C)n3)cc12. The molecule has 1 aliphatic carbocycles. The lowest BCUT2D eigenvalue weighted by Crippen LogP contribution is -2.63. The van der Waals surface area contributed by atoms with Crippen molar-refractivity contribution >= 4 is 47.8 Å². The highest BCUT2D eigenvalue weighted by Crippen LogP contribution is 2.39. The smallest absolute Gasteiger partial charge is 0.200 e. The van der Waals surface area contributed by atoms with Crippen molar-refractivity contribution in [2.24, 2.45) is 18.7 Å². The van der Waals surface area contributed by atoms with E-state index in [-0.39, 0.29) is 27.9 Å². The van der Waals surface area contributed by atoms with Crippen LogP contribution < -0.4 is 16.0 Å². The fourth-order valence-electron chi connectivity index (χ4n) is 5.49. The number of hydrogen-bond donors (Lipinski definition) is 2. The molecule has 14 heteroatoms. The van der Waals surface area contributed by atoms with Crippen molar-refractivity contribution in [1.82, 2.24) is 24.7 Å². The Hall–Kier alpha value is -3.62. The molecule has 42 heavy (non-hydrogen) atoms. The quantitative estimate of drug-likeness (QED) is 0.286. The number of anilines is 3. The Labute approximate surface area is 245 Å². The molecule has 0 amide bonds. The normalized spacial score (nSPS) is 19.3. The predicted molar refractivity (Wildman–Crippen MR) is 162 cm³/mol. The summed E-state index contributed by atoms with van der Waals surface area (Å²) in [6, 6.07) is 9.33. The zero-order chi connectivity index (χ0) is 30.0. The number of pyridine rings is 1. The minimum atomic E-state index is -3.44. The highest BCUT2D eigenvalue weighted by atomic mass is 32.2. The van der Waals surface area contributed by atoms with Gasteiger partial charge >= 0.3 is 0 Å². The minimum absolute atomic E-state index is 0.0437. The van der Waals surface area contributed by atoms with E-state index in [1.165, 1.54) is 17.0 Å². The molecule has 1 saturated heterocycles. The Balaban J connectivity index is 1.29. The van der Waals surface area contributed by atoms with E-state index >= 15 is 0 Å². The number of nitrogens with two attached hydrogens (primary N) is 1. The molecular formula is C28H34N8O4S2. The summed E-state index contributed by atoms with van der Waals surface area (Å²) in [5.74, 6) is 1.61. The van der Waals surface area contributed by atoms with Crippen molar-refractivity contribution in [2.75, 3.05) is 28.8 Å². The summed E-state index contributed by atoms with van der Waals surface area (Å²) < 4.78 is 50.5. The highest BCUT2D eigenvalue weighted by molar-refractivity contribution is 7.92. The van der Waals surface area contributed by atoms with Gasteiger partial charge in [-0.25, -0.2) is 31.8 Å². The molecule has 2 fully saturated rings. The van der Waals surface area contributed by atoms with Crippen LogP contribution in [0.3, 0.4) is 0 Å². The summed E-state index contributed by atoms with van der Waals surface area (Å²) >= 11 is 0. The van der Waals surface area contributed by atoms with Gasteiger partial charge in [-0.1, -0.05) is 19.9 Å². The van der Waals surface area contributed by atoms with E-state index in [4.69, 9.17) is 5.73 Å². The Morgan fingerprint density at radius 3 is 2.48 bits per heavy atom. The Kier molecular flexibility index (Phi) is 6.97. The second kappa shape index (κ2) is 10.3. The molecule has 222 valence electrons. The third-order valence-corrected chi connectivity index (χ3v) is 11.1. The maximum atomic E-state index is 12.7. The van der Waals surface area contributed by atoms with Crippen LogP contribution in [0.25, 0.3) is 22.3 Å². The van der Waals surface area contributed by atoms with E-state index in [0.717, 1.165) is 22.0 Å². The monoisotopic (exact) mass is 610 g/mol. The predicted octanol–water partition coefficient (Wildman–Crippen LogP) is 2.99. The first-order chi connectivity index (χ1) is 19.8. The second-order valence-electron chi connectivity index (χ2n) is 11.6. The molecule has 1 aromatic carbocycles. The van der Waals surface area contributed by atoms with Crippen molar-refractivity contribution in [1.29, 1.82) is 0 Å². The van der Waals surface area contributed by atoms with Crippen molar-refractivity contribution < 1.29 is 16.8 Å². The van der Waals surface area contributed by atoms with Gasteiger partial charge in [0.25, 0.3) is 0 Å². The van der Waals surface area contributed by atoms with Crippen LogP contribution in [-0.4, -0.2) is 71.5 Å². The number of aryl methyl sites for hydroxylation is 1. The van der Waals surface area contributed by atoms with Gasteiger partial charge in [0.2, 0.25) is 0 Å². The molecule has 3 N–H and O–H groups in total. The maximum Gasteiger partial charge on any atom is 0.200 e. The van der Waals surface area contributed by atoms with Crippen molar-refractivity contribution in [3.8, 4) is 11.5 Å². The molecule has 2 atom stereocenters. The average Bonchev–Trinajstić information content (AvgIpc) is 3.72. The third kappa shape index (κ3) is 5.34. The number of aromatic nitrogens is 5. The summed E-state index contributed by atoms with van der Waals surface area (Å²) in [5.41, 5.74) is 8.98. The molecule has 4 aromatic rings. The summed E-state index contributed by atoms with van der Waals surface area (Å²) in [6.45, 7) is 4.81. The zero-order valence-corrected chi connectivity index (χ0v) is 25.5. The lowest BCUT2D eigenvalue weighted by Gasteiger charge is -2.47. The Bertz CT molecular complexity index is 1900. The number of benzene rings is 1. The van der Waals surface area contributed by atoms with Crippen LogP contribution >= 0.6 is 0 Å². The largest absolute Gasteiger partial charge is 0.355 e. The molecule has 2 aliphatic rings. The van der Waals surface area contributed by atoms with Gasteiger partial charge in [0.1, 0.15) is 27.2 Å². The van der Waals surface area contributed by atoms with Crippen molar-refractivity contribution in [3.63, 3.8) is 0 Å². The van der Waals surface area contributed by atoms with Crippen molar-refractivity contribution in [3.05, 3.63) is 48.3 Å².